The lowest BCUT2D eigenvalue weighted by atomic mass is 9.74. The zero-order chi connectivity index (χ0) is 5.83. The van der Waals surface area contributed by atoms with Crippen molar-refractivity contribution < 1.29 is 10.8 Å². The molecule has 3 saturated carbocycles. The van der Waals surface area contributed by atoms with Crippen LogP contribution in [0.5, 0.6) is 0 Å². The molecule has 0 aromatic heterocycles. The average Bonchev–Trinajstić information content (AvgIpc) is 1.88. The van der Waals surface area contributed by atoms with Crippen molar-refractivity contribution in [1.82, 2.24) is 0 Å². The summed E-state index contributed by atoms with van der Waals surface area (Å²) in [7, 11) is 0. The SMILES string of the molecule is [NH3+]C12CCC(O)(C1)C2. The van der Waals surface area contributed by atoms with E-state index >= 15 is 0 Å². The van der Waals surface area contributed by atoms with Gasteiger partial charge in [0, 0.05) is 19.3 Å². The predicted octanol–water partition coefficient (Wildman–Crippen LogP) is -0.714. The fourth-order valence-corrected chi connectivity index (χ4v) is 2.20. The molecule has 8 heavy (non-hydrogen) atoms. The second-order valence-electron chi connectivity index (χ2n) is 3.58. The minimum atomic E-state index is -0.262. The smallest absolute Gasteiger partial charge is 0.100 e. The topological polar surface area (TPSA) is 47.9 Å². The Morgan fingerprint density at radius 3 is 2.00 bits per heavy atom. The fraction of sp³-hybridized carbons (Fsp3) is 1.00. The molecular weight excluding hydrogens is 102 g/mol. The molecule has 2 bridgehead atoms. The molecule has 0 aromatic rings. The van der Waals surface area contributed by atoms with Crippen molar-refractivity contribution in [3.8, 4) is 0 Å². The van der Waals surface area contributed by atoms with Crippen molar-refractivity contribution >= 4 is 0 Å². The minimum Gasteiger partial charge on any atom is -0.389 e. The highest BCUT2D eigenvalue weighted by Gasteiger charge is 2.61. The lowest BCUT2D eigenvalue weighted by Gasteiger charge is -2.37. The van der Waals surface area contributed by atoms with Crippen LogP contribution < -0.4 is 5.73 Å². The summed E-state index contributed by atoms with van der Waals surface area (Å²) in [6.45, 7) is 0. The van der Waals surface area contributed by atoms with Crippen LogP contribution in [-0.2, 0) is 0 Å². The van der Waals surface area contributed by atoms with Crippen molar-refractivity contribution in [2.24, 2.45) is 0 Å². The number of aliphatic hydroxyl groups is 1. The van der Waals surface area contributed by atoms with Crippen LogP contribution in [0.2, 0.25) is 0 Å². The molecule has 0 radical (unpaired) electrons. The van der Waals surface area contributed by atoms with E-state index in [1.807, 2.05) is 0 Å². The van der Waals surface area contributed by atoms with E-state index in [9.17, 15) is 5.11 Å². The van der Waals surface area contributed by atoms with E-state index < -0.39 is 0 Å². The number of quaternary nitrogens is 1. The van der Waals surface area contributed by atoms with Crippen LogP contribution in [0.3, 0.4) is 0 Å². The quantitative estimate of drug-likeness (QED) is 0.429. The van der Waals surface area contributed by atoms with E-state index in [-0.39, 0.29) is 5.60 Å². The number of fused-ring (bicyclic) bond motifs is 1. The van der Waals surface area contributed by atoms with Gasteiger partial charge in [-0.05, 0) is 6.42 Å². The van der Waals surface area contributed by atoms with Crippen LogP contribution in [0.25, 0.3) is 0 Å². The Morgan fingerprint density at radius 2 is 1.88 bits per heavy atom. The molecule has 0 atom stereocenters. The molecule has 3 rings (SSSR count). The van der Waals surface area contributed by atoms with Gasteiger partial charge in [-0.2, -0.15) is 0 Å². The van der Waals surface area contributed by atoms with Crippen molar-refractivity contribution in [3.63, 3.8) is 0 Å². The molecule has 0 aromatic carbocycles. The Labute approximate surface area is 48.7 Å². The van der Waals surface area contributed by atoms with Gasteiger partial charge in [0.1, 0.15) is 5.54 Å². The maximum absolute atomic E-state index is 9.39. The third-order valence-corrected chi connectivity index (χ3v) is 2.53. The van der Waals surface area contributed by atoms with Gasteiger partial charge in [0.05, 0.1) is 5.60 Å². The molecular formula is C6H12NO+. The molecule has 0 unspecified atom stereocenters. The van der Waals surface area contributed by atoms with E-state index in [1.165, 1.54) is 0 Å². The first-order valence-corrected chi connectivity index (χ1v) is 3.20. The lowest BCUT2D eigenvalue weighted by Crippen LogP contribution is -2.77. The standard InChI is InChI=1S/C6H11NO/c7-5-1-2-6(8,3-5)4-5/h8H,1-4,7H2/p+1. The van der Waals surface area contributed by atoms with Gasteiger partial charge in [-0.3, -0.25) is 0 Å². The number of hydrogen-bond acceptors (Lipinski definition) is 1. The largest absolute Gasteiger partial charge is 0.389 e. The molecule has 2 nitrogen and oxygen atoms in total. The van der Waals surface area contributed by atoms with Gasteiger partial charge in [-0.25, -0.2) is 0 Å². The zero-order valence-electron chi connectivity index (χ0n) is 4.98. The van der Waals surface area contributed by atoms with Crippen molar-refractivity contribution in [2.75, 3.05) is 0 Å². The Kier molecular flexibility index (Phi) is 0.570. The summed E-state index contributed by atoms with van der Waals surface area (Å²) < 4.78 is 0. The van der Waals surface area contributed by atoms with Crippen LogP contribution in [-0.4, -0.2) is 16.2 Å². The summed E-state index contributed by atoms with van der Waals surface area (Å²) in [4.78, 5) is 0. The summed E-state index contributed by atoms with van der Waals surface area (Å²) >= 11 is 0. The van der Waals surface area contributed by atoms with Crippen LogP contribution in [0.15, 0.2) is 0 Å². The van der Waals surface area contributed by atoms with Crippen molar-refractivity contribution in [3.05, 3.63) is 0 Å². The third kappa shape index (κ3) is 0.400. The molecule has 0 amide bonds. The molecule has 0 spiro atoms. The first-order chi connectivity index (χ1) is 3.62. The highest BCUT2D eigenvalue weighted by molar-refractivity contribution is 5.11. The monoisotopic (exact) mass is 114 g/mol. The van der Waals surface area contributed by atoms with E-state index in [0.717, 1.165) is 25.7 Å². The molecule has 2 heteroatoms. The predicted molar refractivity (Wildman–Crippen MR) is 29.0 cm³/mol. The number of hydrogen-bond donors (Lipinski definition) is 2. The first-order valence-electron chi connectivity index (χ1n) is 3.20. The van der Waals surface area contributed by atoms with Gasteiger partial charge in [-0.15, -0.1) is 0 Å². The summed E-state index contributed by atoms with van der Waals surface area (Å²) in [5.41, 5.74) is 4.06. The van der Waals surface area contributed by atoms with Crippen LogP contribution in [0.1, 0.15) is 25.7 Å². The molecule has 0 aliphatic heterocycles. The summed E-state index contributed by atoms with van der Waals surface area (Å²) in [5, 5.41) is 9.39. The Bertz CT molecular complexity index is 112. The van der Waals surface area contributed by atoms with Gasteiger partial charge < -0.3 is 10.8 Å². The van der Waals surface area contributed by atoms with Gasteiger partial charge in [-0.1, -0.05) is 0 Å². The van der Waals surface area contributed by atoms with Gasteiger partial charge >= 0.3 is 0 Å². The van der Waals surface area contributed by atoms with E-state index in [0.29, 0.717) is 5.54 Å². The number of rotatable bonds is 0. The molecule has 0 heterocycles. The molecule has 3 aliphatic carbocycles. The van der Waals surface area contributed by atoms with Gasteiger partial charge in [0.25, 0.3) is 0 Å². The molecule has 0 saturated heterocycles. The maximum atomic E-state index is 9.39. The molecule has 46 valence electrons. The van der Waals surface area contributed by atoms with Crippen molar-refractivity contribution in [2.45, 2.75) is 36.8 Å². The zero-order valence-corrected chi connectivity index (χ0v) is 4.98. The van der Waals surface area contributed by atoms with E-state index in [1.54, 1.807) is 0 Å². The van der Waals surface area contributed by atoms with E-state index in [2.05, 4.69) is 5.73 Å². The second kappa shape index (κ2) is 0.957. The van der Waals surface area contributed by atoms with Gasteiger partial charge in [0.2, 0.25) is 0 Å². The van der Waals surface area contributed by atoms with Crippen LogP contribution in [0, 0.1) is 0 Å². The lowest BCUT2D eigenvalue weighted by molar-refractivity contribution is -0.501. The highest BCUT2D eigenvalue weighted by atomic mass is 16.3. The summed E-state index contributed by atoms with van der Waals surface area (Å²) in [6.07, 6.45) is 4.06. The third-order valence-electron chi connectivity index (χ3n) is 2.53. The van der Waals surface area contributed by atoms with Crippen LogP contribution >= 0.6 is 0 Å². The summed E-state index contributed by atoms with van der Waals surface area (Å²) in [6, 6.07) is 0. The van der Waals surface area contributed by atoms with Crippen molar-refractivity contribution in [1.29, 1.82) is 0 Å². The van der Waals surface area contributed by atoms with Crippen LogP contribution in [0.4, 0.5) is 0 Å². The highest BCUT2D eigenvalue weighted by Crippen LogP contribution is 2.51. The normalized spacial score (nSPS) is 60.8. The average molecular weight is 114 g/mol. The maximum Gasteiger partial charge on any atom is 0.100 e. The minimum absolute atomic E-state index is 0.262. The van der Waals surface area contributed by atoms with Gasteiger partial charge in [0.15, 0.2) is 0 Å². The molecule has 3 aliphatic rings. The molecule has 3 fully saturated rings. The Hall–Kier alpha value is -0.0800. The first kappa shape index (κ1) is 4.77. The Balaban J connectivity index is 2.22. The summed E-state index contributed by atoms with van der Waals surface area (Å²) in [5.74, 6) is 0. The molecule has 4 N–H and O–H groups in total. The second-order valence-corrected chi connectivity index (χ2v) is 3.58. The Morgan fingerprint density at radius 1 is 1.25 bits per heavy atom. The fourth-order valence-electron chi connectivity index (χ4n) is 2.20. The van der Waals surface area contributed by atoms with E-state index in [4.69, 9.17) is 0 Å².